The molecule has 4 aromatic carbocycles. The number of fused-ring (bicyclic) bond motifs is 2. The Morgan fingerprint density at radius 2 is 1.02 bits per heavy atom. The molecule has 11 heteroatoms. The summed E-state index contributed by atoms with van der Waals surface area (Å²) in [6, 6.07) is 24.7. The molecular weight excluding hydrogens is 798 g/mol. The molecule has 2 fully saturated rings. The zero-order chi connectivity index (χ0) is 41.0. The average molecular weight is 853 g/mol. The number of carboxylic acid groups (broad SMARTS) is 1. The molecule has 2 saturated carbocycles. The van der Waals surface area contributed by atoms with Crippen LogP contribution in [0.15, 0.2) is 72.8 Å². The third-order valence-corrected chi connectivity index (χ3v) is 13.6. The van der Waals surface area contributed by atoms with Crippen LogP contribution in [-0.4, -0.2) is 67.1 Å². The molecule has 7 nitrogen and oxygen atoms in total. The highest BCUT2D eigenvalue weighted by Gasteiger charge is 2.32. The molecule has 0 heterocycles. The highest BCUT2D eigenvalue weighted by Crippen LogP contribution is 2.46. The van der Waals surface area contributed by atoms with E-state index in [-0.39, 0.29) is 23.8 Å². The Hall–Kier alpha value is -3.14. The molecule has 4 aromatic rings. The predicted octanol–water partition coefficient (Wildman–Crippen LogP) is 11.5. The van der Waals surface area contributed by atoms with Gasteiger partial charge in [0.1, 0.15) is 0 Å². The Morgan fingerprint density at radius 3 is 1.39 bits per heavy atom. The van der Waals surface area contributed by atoms with Crippen molar-refractivity contribution in [2.45, 2.75) is 100 Å². The summed E-state index contributed by atoms with van der Waals surface area (Å²) < 4.78 is 0. The van der Waals surface area contributed by atoms with Crippen LogP contribution in [0.1, 0.15) is 142 Å². The van der Waals surface area contributed by atoms with Gasteiger partial charge in [0.05, 0.1) is 25.7 Å². The van der Waals surface area contributed by atoms with Gasteiger partial charge in [-0.2, -0.15) is 0 Å². The summed E-state index contributed by atoms with van der Waals surface area (Å²) in [5.74, 6) is -0.382. The number of halogens is 4. The van der Waals surface area contributed by atoms with Crippen molar-refractivity contribution in [2.24, 2.45) is 5.73 Å². The number of carbonyl (C=O) groups is 2. The summed E-state index contributed by atoms with van der Waals surface area (Å²) in [7, 11) is 8.27. The van der Waals surface area contributed by atoms with Crippen molar-refractivity contribution in [3.05, 3.63) is 137 Å². The number of amides is 1. The van der Waals surface area contributed by atoms with E-state index in [2.05, 4.69) is 47.4 Å². The molecular formula is C46H54Cl4N4O3. The maximum absolute atomic E-state index is 12.7. The van der Waals surface area contributed by atoms with E-state index in [0.717, 1.165) is 55.2 Å². The molecule has 4 atom stereocenters. The number of hydrogen-bond donors (Lipinski definition) is 3. The second-order valence-corrected chi connectivity index (χ2v) is 18.0. The Balaban J connectivity index is 0.000000173. The van der Waals surface area contributed by atoms with E-state index in [1.54, 1.807) is 6.07 Å². The Morgan fingerprint density at radius 1 is 0.579 bits per heavy atom. The summed E-state index contributed by atoms with van der Waals surface area (Å²) in [6.07, 6.45) is 11.3. The van der Waals surface area contributed by atoms with Crippen molar-refractivity contribution >= 4 is 58.3 Å². The molecule has 0 saturated heterocycles. The highest BCUT2D eigenvalue weighted by molar-refractivity contribution is 6.42. The number of carboxylic acids is 1. The molecule has 304 valence electrons. The van der Waals surface area contributed by atoms with Crippen LogP contribution in [0.4, 0.5) is 0 Å². The van der Waals surface area contributed by atoms with E-state index < -0.39 is 5.97 Å². The number of nitrogens with one attached hydrogen (secondary N) is 1. The molecule has 0 bridgehead atoms. The number of carbonyl (C=O) groups excluding carboxylic acids is 1. The number of aromatic carboxylic acids is 1. The molecule has 4 N–H and O–H groups in total. The topological polar surface area (TPSA) is 98.9 Å². The fourth-order valence-corrected chi connectivity index (χ4v) is 9.00. The van der Waals surface area contributed by atoms with Crippen LogP contribution in [0, 0.1) is 0 Å². The fourth-order valence-electron chi connectivity index (χ4n) is 8.39. The van der Waals surface area contributed by atoms with E-state index in [1.807, 2.05) is 62.6 Å². The van der Waals surface area contributed by atoms with Gasteiger partial charge in [0, 0.05) is 41.6 Å². The maximum atomic E-state index is 12.7. The summed E-state index contributed by atoms with van der Waals surface area (Å²) in [6.45, 7) is 0. The third kappa shape index (κ3) is 10.4. The molecule has 57 heavy (non-hydrogen) atoms. The van der Waals surface area contributed by atoms with E-state index >= 15 is 0 Å². The quantitative estimate of drug-likeness (QED) is 0.171. The maximum Gasteiger partial charge on any atom is 0.335 e. The minimum Gasteiger partial charge on any atom is -0.478 e. The lowest BCUT2D eigenvalue weighted by Gasteiger charge is -2.36. The Kier molecular flexibility index (Phi) is 14.7. The van der Waals surface area contributed by atoms with Crippen LogP contribution in [-0.2, 0) is 0 Å². The lowest BCUT2D eigenvalue weighted by atomic mass is 9.76. The van der Waals surface area contributed by atoms with Gasteiger partial charge in [0.15, 0.2) is 0 Å². The van der Waals surface area contributed by atoms with Crippen LogP contribution in [0.25, 0.3) is 0 Å². The van der Waals surface area contributed by atoms with Gasteiger partial charge in [-0.25, -0.2) is 4.79 Å². The van der Waals surface area contributed by atoms with E-state index in [9.17, 15) is 14.7 Å². The zero-order valence-electron chi connectivity index (χ0n) is 33.2. The zero-order valence-corrected chi connectivity index (χ0v) is 36.2. The normalized spacial score (nSPS) is 21.5. The number of benzene rings is 4. The van der Waals surface area contributed by atoms with Gasteiger partial charge >= 0.3 is 5.97 Å². The first kappa shape index (κ1) is 43.4. The van der Waals surface area contributed by atoms with Gasteiger partial charge in [-0.3, -0.25) is 4.79 Å². The summed E-state index contributed by atoms with van der Waals surface area (Å²) >= 11 is 24.6. The van der Waals surface area contributed by atoms with E-state index in [4.69, 9.17) is 52.1 Å². The van der Waals surface area contributed by atoms with E-state index in [0.29, 0.717) is 43.8 Å². The molecule has 0 aliphatic heterocycles. The first-order valence-electron chi connectivity index (χ1n) is 20.0. The van der Waals surface area contributed by atoms with Crippen LogP contribution >= 0.6 is 46.4 Å². The van der Waals surface area contributed by atoms with Crippen molar-refractivity contribution in [1.29, 1.82) is 0 Å². The lowest BCUT2D eigenvalue weighted by Crippen LogP contribution is -2.39. The fraction of sp³-hybridized carbons (Fsp3) is 0.435. The van der Waals surface area contributed by atoms with Gasteiger partial charge in [-0.05, 0) is 168 Å². The highest BCUT2D eigenvalue weighted by atomic mass is 35.5. The van der Waals surface area contributed by atoms with Gasteiger partial charge in [0.2, 0.25) is 0 Å². The number of hydrogen-bond acceptors (Lipinski definition) is 5. The summed E-state index contributed by atoms with van der Waals surface area (Å²) in [4.78, 5) is 28.4. The van der Waals surface area contributed by atoms with Crippen LogP contribution in [0.3, 0.4) is 0 Å². The van der Waals surface area contributed by atoms with Crippen LogP contribution < -0.4 is 11.1 Å². The smallest absolute Gasteiger partial charge is 0.335 e. The molecule has 0 aromatic heterocycles. The molecule has 4 aliphatic carbocycles. The minimum atomic E-state index is -0.896. The average Bonchev–Trinajstić information content (AvgIpc) is 3.16. The first-order valence-corrected chi connectivity index (χ1v) is 21.5. The molecule has 1 amide bonds. The summed E-state index contributed by atoms with van der Waals surface area (Å²) in [5, 5.41) is 14.7. The van der Waals surface area contributed by atoms with Crippen molar-refractivity contribution in [2.75, 3.05) is 28.2 Å². The second-order valence-electron chi connectivity index (χ2n) is 16.4. The van der Waals surface area contributed by atoms with Crippen molar-refractivity contribution < 1.29 is 14.7 Å². The first-order chi connectivity index (χ1) is 27.2. The largest absolute Gasteiger partial charge is 0.478 e. The molecule has 0 radical (unpaired) electrons. The molecule has 0 unspecified atom stereocenters. The third-order valence-electron chi connectivity index (χ3n) is 12.1. The molecule has 8 rings (SSSR count). The molecule has 4 aliphatic rings. The predicted molar refractivity (Wildman–Crippen MR) is 235 cm³/mol. The monoisotopic (exact) mass is 850 g/mol. The number of rotatable bonds is 7. The Bertz CT molecular complexity index is 2070. The van der Waals surface area contributed by atoms with Gasteiger partial charge in [0.25, 0.3) is 5.91 Å². The van der Waals surface area contributed by atoms with Crippen LogP contribution in [0.5, 0.6) is 0 Å². The SMILES string of the molecule is CN(C)[C@H]1CC[C@@H](c2ccc(Cl)c(Cl)c2)c2ccc(C(=O)NC3CCC3)cc21.CN(C)[C@H]1CC[C@@H](c2ccc(Cl)c(Cl)c2)c2ccc(C(=O)O)cc21.NC1CCC1. The van der Waals surface area contributed by atoms with Gasteiger partial charge in [-0.15, -0.1) is 0 Å². The standard InChI is InChI=1S/C23H26Cl2N2O.C19H19Cl2NO2.C4H9N/c1-27(2)22-11-9-17(14-7-10-20(24)21(25)13-14)18-8-6-15(12-19(18)22)23(28)26-16-4-3-5-16;1-22(2)18-8-6-13(11-4-7-16(20)17(21)10-11)14-5-3-12(19(23)24)9-15(14)18;5-4-2-1-3-4/h6-8,10,12-13,16-17,22H,3-5,9,11H2,1-2H3,(H,26,28);3-5,7,9-10,13,18H,6,8H2,1-2H3,(H,23,24);4H,1-3,5H2/t17-,22-;13-,18-;/m00./s1. The van der Waals surface area contributed by atoms with Crippen molar-refractivity contribution in [3.8, 4) is 0 Å². The molecule has 0 spiro atoms. The minimum absolute atomic E-state index is 0.0432. The second kappa shape index (κ2) is 19.3. The number of nitrogens with zero attached hydrogens (tertiary/aromatic N) is 2. The summed E-state index contributed by atoms with van der Waals surface area (Å²) in [5.41, 5.74) is 13.5. The lowest BCUT2D eigenvalue weighted by molar-refractivity contribution is 0.0696. The van der Waals surface area contributed by atoms with Gasteiger partial charge < -0.3 is 26.0 Å². The Labute approximate surface area is 357 Å². The number of nitrogens with two attached hydrogens (primary N) is 1. The van der Waals surface area contributed by atoms with E-state index in [1.165, 1.54) is 47.9 Å². The van der Waals surface area contributed by atoms with Crippen LogP contribution in [0.2, 0.25) is 20.1 Å². The van der Waals surface area contributed by atoms with Gasteiger partial charge in [-0.1, -0.05) is 77.1 Å². The van der Waals surface area contributed by atoms with Crippen molar-refractivity contribution in [1.82, 2.24) is 15.1 Å². The van der Waals surface area contributed by atoms with Crippen molar-refractivity contribution in [3.63, 3.8) is 0 Å².